The fourth-order valence-corrected chi connectivity index (χ4v) is 2.98. The highest BCUT2D eigenvalue weighted by atomic mass is 16.5. The van der Waals surface area contributed by atoms with Gasteiger partial charge < -0.3 is 24.9 Å². The first-order valence-corrected chi connectivity index (χ1v) is 8.20. The van der Waals surface area contributed by atoms with Gasteiger partial charge in [-0.1, -0.05) is 12.1 Å². The van der Waals surface area contributed by atoms with Gasteiger partial charge in [-0.2, -0.15) is 0 Å². The number of carboxylic acid groups (broad SMARTS) is 1. The standard InChI is InChI=1S/C19H21N3O4/c1-25-16-9-14-15(10-17(16)26-2)22(18(21-14)6-7-20)11-12-4-3-5-13(8-12)19(23)24/h3-5,8-10H,6-7,11,20H2,1-2H3,(H,23,24). The monoisotopic (exact) mass is 355 g/mol. The summed E-state index contributed by atoms with van der Waals surface area (Å²) in [6.07, 6.45) is 0.609. The third kappa shape index (κ3) is 3.34. The van der Waals surface area contributed by atoms with Crippen LogP contribution >= 0.6 is 0 Å². The Bertz CT molecular complexity index is 949. The Morgan fingerprint density at radius 3 is 2.58 bits per heavy atom. The SMILES string of the molecule is COc1cc2nc(CCN)n(Cc3cccc(C(=O)O)c3)c2cc1OC. The van der Waals surface area contributed by atoms with Crippen LogP contribution in [0.15, 0.2) is 36.4 Å². The van der Waals surface area contributed by atoms with Crippen molar-refractivity contribution in [2.24, 2.45) is 5.73 Å². The second-order valence-corrected chi connectivity index (χ2v) is 5.85. The van der Waals surface area contributed by atoms with Gasteiger partial charge in [0.05, 0.1) is 30.8 Å². The van der Waals surface area contributed by atoms with Crippen molar-refractivity contribution in [2.45, 2.75) is 13.0 Å². The van der Waals surface area contributed by atoms with Crippen LogP contribution in [0.3, 0.4) is 0 Å². The Kier molecular flexibility index (Phi) is 5.09. The molecule has 0 unspecified atom stereocenters. The van der Waals surface area contributed by atoms with Crippen molar-refractivity contribution < 1.29 is 19.4 Å². The Labute approximate surface area is 151 Å². The predicted octanol–water partition coefficient (Wildman–Crippen LogP) is 2.30. The van der Waals surface area contributed by atoms with Gasteiger partial charge in [-0.05, 0) is 24.2 Å². The zero-order valence-corrected chi connectivity index (χ0v) is 14.7. The van der Waals surface area contributed by atoms with Gasteiger partial charge in [0.1, 0.15) is 5.82 Å². The molecule has 0 atom stereocenters. The van der Waals surface area contributed by atoms with Crippen molar-refractivity contribution in [1.29, 1.82) is 0 Å². The Hall–Kier alpha value is -3.06. The molecule has 1 aromatic heterocycles. The summed E-state index contributed by atoms with van der Waals surface area (Å²) in [5.74, 6) is 1.10. The van der Waals surface area contributed by atoms with Crippen molar-refractivity contribution in [3.05, 3.63) is 53.3 Å². The highest BCUT2D eigenvalue weighted by molar-refractivity contribution is 5.87. The molecule has 2 aromatic carbocycles. The number of hydrogen-bond donors (Lipinski definition) is 2. The average Bonchev–Trinajstić information content (AvgIpc) is 2.97. The van der Waals surface area contributed by atoms with Gasteiger partial charge in [-0.15, -0.1) is 0 Å². The topological polar surface area (TPSA) is 99.6 Å². The fourth-order valence-electron chi connectivity index (χ4n) is 2.98. The highest BCUT2D eigenvalue weighted by Gasteiger charge is 2.15. The molecule has 0 saturated heterocycles. The van der Waals surface area contributed by atoms with Crippen molar-refractivity contribution in [1.82, 2.24) is 9.55 Å². The average molecular weight is 355 g/mol. The quantitative estimate of drug-likeness (QED) is 0.675. The number of aromatic nitrogens is 2. The molecule has 0 aliphatic carbocycles. The van der Waals surface area contributed by atoms with Crippen LogP contribution in [0, 0.1) is 0 Å². The summed E-state index contributed by atoms with van der Waals surface area (Å²) in [6, 6.07) is 10.6. The number of ether oxygens (including phenoxy) is 2. The second kappa shape index (κ2) is 7.45. The van der Waals surface area contributed by atoms with Gasteiger partial charge >= 0.3 is 5.97 Å². The number of carboxylic acids is 1. The number of benzene rings is 2. The minimum atomic E-state index is -0.948. The van der Waals surface area contributed by atoms with Gasteiger partial charge in [0.15, 0.2) is 11.5 Å². The largest absolute Gasteiger partial charge is 0.493 e. The van der Waals surface area contributed by atoms with E-state index in [2.05, 4.69) is 4.98 Å². The molecule has 1 heterocycles. The van der Waals surface area contributed by atoms with Crippen LogP contribution in [0.25, 0.3) is 11.0 Å². The molecule has 0 spiro atoms. The third-order valence-electron chi connectivity index (χ3n) is 4.22. The predicted molar refractivity (Wildman–Crippen MR) is 98.1 cm³/mol. The summed E-state index contributed by atoms with van der Waals surface area (Å²) in [7, 11) is 3.17. The lowest BCUT2D eigenvalue weighted by atomic mass is 10.1. The van der Waals surface area contributed by atoms with E-state index in [0.29, 0.717) is 31.0 Å². The lowest BCUT2D eigenvalue weighted by Crippen LogP contribution is -2.11. The van der Waals surface area contributed by atoms with E-state index in [1.54, 1.807) is 32.4 Å². The molecule has 0 aliphatic rings. The zero-order chi connectivity index (χ0) is 18.7. The number of nitrogens with zero attached hydrogens (tertiary/aromatic N) is 2. The van der Waals surface area contributed by atoms with Crippen LogP contribution < -0.4 is 15.2 Å². The normalized spacial score (nSPS) is 10.9. The van der Waals surface area contributed by atoms with Gasteiger partial charge in [0.2, 0.25) is 0 Å². The maximum atomic E-state index is 11.2. The number of aromatic carboxylic acids is 1. The molecule has 0 saturated carbocycles. The number of fused-ring (bicyclic) bond motifs is 1. The molecule has 3 rings (SSSR count). The first kappa shape index (κ1) is 17.8. The van der Waals surface area contributed by atoms with Crippen LogP contribution in [-0.2, 0) is 13.0 Å². The molecule has 0 aliphatic heterocycles. The van der Waals surface area contributed by atoms with Crippen molar-refractivity contribution in [3.8, 4) is 11.5 Å². The first-order chi connectivity index (χ1) is 12.6. The van der Waals surface area contributed by atoms with Gasteiger partial charge in [-0.3, -0.25) is 0 Å². The highest BCUT2D eigenvalue weighted by Crippen LogP contribution is 2.32. The molecule has 3 aromatic rings. The zero-order valence-electron chi connectivity index (χ0n) is 14.7. The maximum absolute atomic E-state index is 11.2. The van der Waals surface area contributed by atoms with Crippen molar-refractivity contribution in [3.63, 3.8) is 0 Å². The van der Waals surface area contributed by atoms with Crippen molar-refractivity contribution >= 4 is 17.0 Å². The number of carbonyl (C=O) groups is 1. The molecule has 0 amide bonds. The first-order valence-electron chi connectivity index (χ1n) is 8.20. The lowest BCUT2D eigenvalue weighted by molar-refractivity contribution is 0.0696. The lowest BCUT2D eigenvalue weighted by Gasteiger charge is -2.11. The summed E-state index contributed by atoms with van der Waals surface area (Å²) in [4.78, 5) is 15.9. The Balaban J connectivity index is 2.11. The van der Waals surface area contributed by atoms with Gasteiger partial charge in [0.25, 0.3) is 0 Å². The maximum Gasteiger partial charge on any atom is 0.335 e. The summed E-state index contributed by atoms with van der Waals surface area (Å²) >= 11 is 0. The fraction of sp³-hybridized carbons (Fsp3) is 0.263. The smallest absolute Gasteiger partial charge is 0.335 e. The second-order valence-electron chi connectivity index (χ2n) is 5.85. The van der Waals surface area contributed by atoms with E-state index in [4.69, 9.17) is 15.2 Å². The molecule has 7 heteroatoms. The molecule has 0 bridgehead atoms. The minimum absolute atomic E-state index is 0.256. The molecule has 7 nitrogen and oxygen atoms in total. The van der Waals surface area contributed by atoms with E-state index in [1.165, 1.54) is 0 Å². The van der Waals surface area contributed by atoms with Crippen LogP contribution in [-0.4, -0.2) is 41.4 Å². The number of imidazole rings is 1. The number of nitrogens with two attached hydrogens (primary N) is 1. The Morgan fingerprint density at radius 1 is 1.19 bits per heavy atom. The van der Waals surface area contributed by atoms with E-state index in [0.717, 1.165) is 22.4 Å². The number of methoxy groups -OCH3 is 2. The third-order valence-corrected chi connectivity index (χ3v) is 4.22. The molecule has 0 radical (unpaired) electrons. The molecular weight excluding hydrogens is 334 g/mol. The molecular formula is C19H21N3O4. The molecule has 26 heavy (non-hydrogen) atoms. The minimum Gasteiger partial charge on any atom is -0.493 e. The molecule has 3 N–H and O–H groups in total. The van der Waals surface area contributed by atoms with Gasteiger partial charge in [0, 0.05) is 25.1 Å². The van der Waals surface area contributed by atoms with E-state index < -0.39 is 5.97 Å². The van der Waals surface area contributed by atoms with E-state index >= 15 is 0 Å². The Morgan fingerprint density at radius 2 is 1.92 bits per heavy atom. The van der Waals surface area contributed by atoms with Crippen LogP contribution in [0.1, 0.15) is 21.7 Å². The van der Waals surface area contributed by atoms with E-state index in [1.807, 2.05) is 22.8 Å². The van der Waals surface area contributed by atoms with E-state index in [9.17, 15) is 9.90 Å². The molecule has 136 valence electrons. The van der Waals surface area contributed by atoms with Crippen LogP contribution in [0.5, 0.6) is 11.5 Å². The van der Waals surface area contributed by atoms with Crippen LogP contribution in [0.4, 0.5) is 0 Å². The van der Waals surface area contributed by atoms with E-state index in [-0.39, 0.29) is 5.56 Å². The summed E-state index contributed by atoms with van der Waals surface area (Å²) < 4.78 is 12.8. The van der Waals surface area contributed by atoms with Crippen LogP contribution in [0.2, 0.25) is 0 Å². The summed E-state index contributed by atoms with van der Waals surface area (Å²) in [5, 5.41) is 9.21. The summed E-state index contributed by atoms with van der Waals surface area (Å²) in [5.41, 5.74) is 8.53. The van der Waals surface area contributed by atoms with Crippen molar-refractivity contribution in [2.75, 3.05) is 20.8 Å². The van der Waals surface area contributed by atoms with Gasteiger partial charge in [-0.25, -0.2) is 9.78 Å². The number of hydrogen-bond acceptors (Lipinski definition) is 5. The summed E-state index contributed by atoms with van der Waals surface area (Å²) in [6.45, 7) is 0.954. The number of rotatable bonds is 7. The molecule has 0 fully saturated rings.